The lowest BCUT2D eigenvalue weighted by Gasteiger charge is -2.22. The monoisotopic (exact) mass is 776 g/mol. The van der Waals surface area contributed by atoms with Crippen molar-refractivity contribution in [1.82, 2.24) is 9.13 Å². The van der Waals surface area contributed by atoms with E-state index in [9.17, 15) is 0 Å². The van der Waals surface area contributed by atoms with Crippen LogP contribution in [0.3, 0.4) is 0 Å². The molecule has 0 N–H and O–H groups in total. The van der Waals surface area contributed by atoms with E-state index in [0.29, 0.717) is 0 Å². The van der Waals surface area contributed by atoms with Crippen LogP contribution in [0.1, 0.15) is 25.0 Å². The molecule has 13 rings (SSSR count). The fourth-order valence-electron chi connectivity index (χ4n) is 10.7. The van der Waals surface area contributed by atoms with Crippen molar-refractivity contribution < 1.29 is 0 Å². The second-order valence-electron chi connectivity index (χ2n) is 17.3. The Kier molecular flexibility index (Phi) is 7.10. The van der Waals surface area contributed by atoms with Crippen LogP contribution in [0, 0.1) is 0 Å². The number of rotatable bonds is 4. The highest BCUT2D eigenvalue weighted by molar-refractivity contribution is 6.13. The highest BCUT2D eigenvalue weighted by atomic mass is 15.0. The average molecular weight is 777 g/mol. The van der Waals surface area contributed by atoms with Crippen molar-refractivity contribution in [2.75, 3.05) is 0 Å². The standard InChI is InChI=1S/C59H40N2/c1-59(2)52-29-24-37-12-6-7-15-46(37)58(52)49-28-23-43(36-53(49)59)38-20-21-40-33-45(27-22-39(40)32-38)61-55-19-11-9-17-48(55)51-35-42(26-31-57(51)61)41-25-30-56-50(34-41)47-16-8-10-18-54(47)60(56)44-13-4-3-5-14-44/h3-36H,1-2H3. The predicted molar refractivity (Wildman–Crippen MR) is 259 cm³/mol. The lowest BCUT2D eigenvalue weighted by Crippen LogP contribution is -2.15. The van der Waals surface area contributed by atoms with Crippen molar-refractivity contribution >= 4 is 65.2 Å². The maximum Gasteiger partial charge on any atom is 0.0541 e. The first kappa shape index (κ1) is 34.2. The number of para-hydroxylation sites is 3. The van der Waals surface area contributed by atoms with Crippen molar-refractivity contribution in [3.63, 3.8) is 0 Å². The summed E-state index contributed by atoms with van der Waals surface area (Å²) in [4.78, 5) is 0. The third-order valence-electron chi connectivity index (χ3n) is 13.7. The van der Waals surface area contributed by atoms with Gasteiger partial charge in [0.15, 0.2) is 0 Å². The fourth-order valence-corrected chi connectivity index (χ4v) is 10.7. The van der Waals surface area contributed by atoms with Gasteiger partial charge in [0, 0.05) is 38.3 Å². The molecule has 0 saturated carbocycles. The maximum absolute atomic E-state index is 2.44. The van der Waals surface area contributed by atoms with Crippen LogP contribution < -0.4 is 0 Å². The molecule has 0 fully saturated rings. The summed E-state index contributed by atoms with van der Waals surface area (Å²) in [7, 11) is 0. The van der Waals surface area contributed by atoms with Crippen molar-refractivity contribution in [2.24, 2.45) is 0 Å². The summed E-state index contributed by atoms with van der Waals surface area (Å²) < 4.78 is 4.81. The quantitative estimate of drug-likeness (QED) is 0.168. The Morgan fingerprint density at radius 2 is 0.820 bits per heavy atom. The number of hydrogen-bond acceptors (Lipinski definition) is 0. The minimum atomic E-state index is -0.0721. The van der Waals surface area contributed by atoms with Crippen LogP contribution in [0.4, 0.5) is 0 Å². The zero-order valence-electron chi connectivity index (χ0n) is 34.0. The van der Waals surface area contributed by atoms with E-state index in [1.165, 1.54) is 121 Å². The Balaban J connectivity index is 0.886. The summed E-state index contributed by atoms with van der Waals surface area (Å²) in [5, 5.41) is 10.1. The zero-order chi connectivity index (χ0) is 40.4. The smallest absolute Gasteiger partial charge is 0.0541 e. The number of benzene rings is 10. The normalized spacial score (nSPS) is 13.2. The van der Waals surface area contributed by atoms with Gasteiger partial charge in [-0.3, -0.25) is 0 Å². The van der Waals surface area contributed by atoms with Crippen molar-refractivity contribution in [1.29, 1.82) is 0 Å². The van der Waals surface area contributed by atoms with Gasteiger partial charge < -0.3 is 9.13 Å². The highest BCUT2D eigenvalue weighted by Crippen LogP contribution is 2.52. The third-order valence-corrected chi connectivity index (χ3v) is 13.7. The minimum absolute atomic E-state index is 0.0721. The zero-order valence-corrected chi connectivity index (χ0v) is 34.0. The minimum Gasteiger partial charge on any atom is -0.309 e. The van der Waals surface area contributed by atoms with Crippen molar-refractivity contribution in [2.45, 2.75) is 19.3 Å². The molecule has 0 bridgehead atoms. The molecule has 0 atom stereocenters. The molecule has 2 aromatic heterocycles. The first-order valence-corrected chi connectivity index (χ1v) is 21.3. The molecule has 0 spiro atoms. The summed E-state index contributed by atoms with van der Waals surface area (Å²) >= 11 is 0. The summed E-state index contributed by atoms with van der Waals surface area (Å²) in [6.07, 6.45) is 0. The van der Waals surface area contributed by atoms with E-state index < -0.39 is 0 Å². The van der Waals surface area contributed by atoms with E-state index in [0.717, 1.165) is 0 Å². The fraction of sp³-hybridized carbons (Fsp3) is 0.0508. The van der Waals surface area contributed by atoms with Gasteiger partial charge >= 0.3 is 0 Å². The van der Waals surface area contributed by atoms with Gasteiger partial charge in [0.1, 0.15) is 0 Å². The summed E-state index contributed by atoms with van der Waals surface area (Å²) in [6.45, 7) is 4.75. The molecule has 0 radical (unpaired) electrons. The van der Waals surface area contributed by atoms with Crippen LogP contribution in [0.15, 0.2) is 206 Å². The second-order valence-corrected chi connectivity index (χ2v) is 17.3. The van der Waals surface area contributed by atoms with Gasteiger partial charge in [0.05, 0.1) is 22.1 Å². The highest BCUT2D eigenvalue weighted by Gasteiger charge is 2.36. The molecule has 286 valence electrons. The molecule has 0 aliphatic heterocycles. The van der Waals surface area contributed by atoms with Gasteiger partial charge in [-0.25, -0.2) is 0 Å². The van der Waals surface area contributed by atoms with E-state index in [2.05, 4.69) is 229 Å². The van der Waals surface area contributed by atoms with Crippen molar-refractivity contribution in [3.8, 4) is 44.8 Å². The van der Waals surface area contributed by atoms with Crippen LogP contribution in [-0.4, -0.2) is 9.13 Å². The molecule has 12 aromatic rings. The molecule has 0 amide bonds. The SMILES string of the molecule is CC1(C)c2cc(-c3ccc4cc(-n5c6ccccc6c6cc(-c7ccc8c(c7)c7ccccc7n8-c7ccccc7)ccc65)ccc4c3)ccc2-c2c1ccc1ccccc21. The Morgan fingerprint density at radius 3 is 1.54 bits per heavy atom. The number of nitrogens with zero attached hydrogens (tertiary/aromatic N) is 2. The molecule has 2 heteroatoms. The molecular weight excluding hydrogens is 737 g/mol. The van der Waals surface area contributed by atoms with E-state index in [-0.39, 0.29) is 5.41 Å². The van der Waals surface area contributed by atoms with Crippen LogP contribution in [0.5, 0.6) is 0 Å². The molecule has 1 aliphatic rings. The third kappa shape index (κ3) is 4.97. The van der Waals surface area contributed by atoms with Crippen molar-refractivity contribution in [3.05, 3.63) is 217 Å². The molecule has 1 aliphatic carbocycles. The van der Waals surface area contributed by atoms with Gasteiger partial charge in [-0.1, -0.05) is 147 Å². The van der Waals surface area contributed by atoms with Crippen LogP contribution in [-0.2, 0) is 5.41 Å². The van der Waals surface area contributed by atoms with Gasteiger partial charge in [-0.05, 0) is 139 Å². The van der Waals surface area contributed by atoms with Crippen LogP contribution >= 0.6 is 0 Å². The number of fused-ring (bicyclic) bond motifs is 12. The first-order chi connectivity index (χ1) is 30.0. The van der Waals surface area contributed by atoms with Gasteiger partial charge in [-0.15, -0.1) is 0 Å². The summed E-state index contributed by atoms with van der Waals surface area (Å²) in [5.74, 6) is 0. The molecule has 0 unspecified atom stereocenters. The number of aromatic nitrogens is 2. The Morgan fingerprint density at radius 1 is 0.311 bits per heavy atom. The van der Waals surface area contributed by atoms with E-state index in [4.69, 9.17) is 0 Å². The second kappa shape index (κ2) is 12.7. The van der Waals surface area contributed by atoms with E-state index in [1.54, 1.807) is 0 Å². The largest absolute Gasteiger partial charge is 0.309 e. The molecule has 61 heavy (non-hydrogen) atoms. The van der Waals surface area contributed by atoms with Gasteiger partial charge in [0.2, 0.25) is 0 Å². The van der Waals surface area contributed by atoms with Gasteiger partial charge in [0.25, 0.3) is 0 Å². The molecule has 10 aromatic carbocycles. The van der Waals surface area contributed by atoms with Crippen LogP contribution in [0.2, 0.25) is 0 Å². The maximum atomic E-state index is 2.44. The molecule has 2 heterocycles. The Labute approximate surface area is 354 Å². The van der Waals surface area contributed by atoms with Gasteiger partial charge in [-0.2, -0.15) is 0 Å². The van der Waals surface area contributed by atoms with E-state index >= 15 is 0 Å². The van der Waals surface area contributed by atoms with E-state index in [1.807, 2.05) is 0 Å². The molecule has 2 nitrogen and oxygen atoms in total. The summed E-state index contributed by atoms with van der Waals surface area (Å²) in [6, 6.07) is 76.6. The first-order valence-electron chi connectivity index (χ1n) is 21.3. The average Bonchev–Trinajstić information content (AvgIpc) is 3.91. The lowest BCUT2D eigenvalue weighted by atomic mass is 9.81. The molecule has 0 saturated heterocycles. The Hall–Kier alpha value is -7.68. The Bertz CT molecular complexity index is 3780. The topological polar surface area (TPSA) is 9.86 Å². The number of hydrogen-bond donors (Lipinski definition) is 0. The predicted octanol–water partition coefficient (Wildman–Crippen LogP) is 15.8. The summed E-state index contributed by atoms with van der Waals surface area (Å²) in [5.41, 5.74) is 17.6. The van der Waals surface area contributed by atoms with Crippen LogP contribution in [0.25, 0.3) is 110 Å². The lowest BCUT2D eigenvalue weighted by molar-refractivity contribution is 0.661. The molecular formula is C59H40N2.